The van der Waals surface area contributed by atoms with E-state index in [9.17, 15) is 20.4 Å². The van der Waals surface area contributed by atoms with Gasteiger partial charge in [-0.15, -0.1) is 0 Å². The van der Waals surface area contributed by atoms with E-state index in [0.29, 0.717) is 24.0 Å². The lowest BCUT2D eigenvalue weighted by Crippen LogP contribution is -2.66. The van der Waals surface area contributed by atoms with Crippen molar-refractivity contribution in [3.63, 3.8) is 0 Å². The van der Waals surface area contributed by atoms with Crippen LogP contribution in [0.1, 0.15) is 59.8 Å². The zero-order valence-corrected chi connectivity index (χ0v) is 18.9. The highest BCUT2D eigenvalue weighted by atomic mass is 16.5. The molecular weight excluding hydrogens is 380 g/mol. The standard InChI is InChI=1S/C25H40O5/c1-14(2)19-9-8-16(4)24-11-15(3)23(30-13-17-6-5-7-17)25(24,29)21(27)18(12-26)10-20(19)22(24)28/h10-11,14,16-17,19-23,26-29H,5-9,12-13H2,1-4H3. The molecule has 170 valence electrons. The highest BCUT2D eigenvalue weighted by molar-refractivity contribution is 5.41. The first kappa shape index (κ1) is 22.5. The molecule has 0 aromatic heterocycles. The Kier molecular flexibility index (Phi) is 6.00. The highest BCUT2D eigenvalue weighted by Crippen LogP contribution is 2.62. The molecule has 4 rings (SSSR count). The Labute approximate surface area is 180 Å². The van der Waals surface area contributed by atoms with Gasteiger partial charge in [0.25, 0.3) is 0 Å². The molecule has 0 saturated heterocycles. The van der Waals surface area contributed by atoms with E-state index in [1.165, 1.54) is 6.42 Å². The van der Waals surface area contributed by atoms with Crippen LogP contribution in [-0.2, 0) is 4.74 Å². The summed E-state index contributed by atoms with van der Waals surface area (Å²) in [5.74, 6) is 0.820. The van der Waals surface area contributed by atoms with E-state index in [0.717, 1.165) is 31.3 Å². The average molecular weight is 421 g/mol. The predicted octanol–water partition coefficient (Wildman–Crippen LogP) is 2.82. The lowest BCUT2D eigenvalue weighted by molar-refractivity contribution is -0.226. The molecule has 2 fully saturated rings. The summed E-state index contributed by atoms with van der Waals surface area (Å²) in [7, 11) is 0. The number of ether oxygens (including phenoxy) is 1. The molecule has 5 heteroatoms. The molecule has 2 bridgehead atoms. The molecule has 4 N–H and O–H groups in total. The molecule has 1 spiro atoms. The molecule has 0 amide bonds. The van der Waals surface area contributed by atoms with E-state index < -0.39 is 29.3 Å². The van der Waals surface area contributed by atoms with E-state index >= 15 is 0 Å². The first-order valence-corrected chi connectivity index (χ1v) is 11.9. The van der Waals surface area contributed by atoms with E-state index in [-0.39, 0.29) is 24.4 Å². The van der Waals surface area contributed by atoms with Crippen LogP contribution in [0, 0.1) is 35.0 Å². The number of hydrogen-bond donors (Lipinski definition) is 4. The molecule has 2 saturated carbocycles. The summed E-state index contributed by atoms with van der Waals surface area (Å²) in [4.78, 5) is 0. The van der Waals surface area contributed by atoms with Gasteiger partial charge in [-0.25, -0.2) is 0 Å². The van der Waals surface area contributed by atoms with Crippen LogP contribution in [0.2, 0.25) is 0 Å². The van der Waals surface area contributed by atoms with E-state index in [4.69, 9.17) is 4.74 Å². The van der Waals surface area contributed by atoms with Gasteiger partial charge in [0.1, 0.15) is 17.8 Å². The summed E-state index contributed by atoms with van der Waals surface area (Å²) >= 11 is 0. The number of aliphatic hydroxyl groups excluding tert-OH is 3. The quantitative estimate of drug-likeness (QED) is 0.514. The fourth-order valence-electron chi connectivity index (χ4n) is 7.00. The van der Waals surface area contributed by atoms with Gasteiger partial charge in [0.05, 0.1) is 24.7 Å². The van der Waals surface area contributed by atoms with Crippen LogP contribution >= 0.6 is 0 Å². The SMILES string of the molecule is CC1=CC23C(C)CCC(C(C)C)C(C=C(CO)C(O)C2(O)C1OCC1CCC1)C3O. The summed E-state index contributed by atoms with van der Waals surface area (Å²) < 4.78 is 6.31. The molecule has 0 heterocycles. The van der Waals surface area contributed by atoms with Gasteiger partial charge in [0.15, 0.2) is 0 Å². The minimum Gasteiger partial charge on any atom is -0.392 e. The molecule has 30 heavy (non-hydrogen) atoms. The maximum atomic E-state index is 12.3. The Morgan fingerprint density at radius 1 is 1.17 bits per heavy atom. The van der Waals surface area contributed by atoms with Crippen molar-refractivity contribution in [2.75, 3.05) is 13.2 Å². The van der Waals surface area contributed by atoms with Crippen molar-refractivity contribution in [1.82, 2.24) is 0 Å². The van der Waals surface area contributed by atoms with Crippen molar-refractivity contribution in [3.05, 3.63) is 23.3 Å². The highest BCUT2D eigenvalue weighted by Gasteiger charge is 2.70. The smallest absolute Gasteiger partial charge is 0.136 e. The topological polar surface area (TPSA) is 90.2 Å². The van der Waals surface area contributed by atoms with Crippen LogP contribution in [0.4, 0.5) is 0 Å². The van der Waals surface area contributed by atoms with Crippen molar-refractivity contribution in [3.8, 4) is 0 Å². The van der Waals surface area contributed by atoms with Crippen LogP contribution in [0.3, 0.4) is 0 Å². The summed E-state index contributed by atoms with van der Waals surface area (Å²) in [6.45, 7) is 8.59. The second-order valence-electron chi connectivity index (χ2n) is 10.9. The van der Waals surface area contributed by atoms with Gasteiger partial charge in [-0.05, 0) is 67.4 Å². The Morgan fingerprint density at radius 2 is 1.87 bits per heavy atom. The maximum absolute atomic E-state index is 12.3. The number of rotatable bonds is 5. The summed E-state index contributed by atoms with van der Waals surface area (Å²) in [5, 5.41) is 45.8. The van der Waals surface area contributed by atoms with Gasteiger partial charge in [-0.1, -0.05) is 39.3 Å². The fraction of sp³-hybridized carbons (Fsp3) is 0.840. The number of hydrogen-bond acceptors (Lipinski definition) is 5. The first-order valence-electron chi connectivity index (χ1n) is 11.9. The molecule has 8 atom stereocenters. The van der Waals surface area contributed by atoms with Gasteiger partial charge in [0, 0.05) is 5.92 Å². The van der Waals surface area contributed by atoms with E-state index in [2.05, 4.69) is 20.8 Å². The second-order valence-corrected chi connectivity index (χ2v) is 10.9. The third-order valence-corrected chi connectivity index (χ3v) is 9.01. The fourth-order valence-corrected chi connectivity index (χ4v) is 7.00. The first-order chi connectivity index (χ1) is 14.2. The van der Waals surface area contributed by atoms with Gasteiger partial charge in [0.2, 0.25) is 0 Å². The Balaban J connectivity index is 1.83. The van der Waals surface area contributed by atoms with Gasteiger partial charge in [-0.2, -0.15) is 0 Å². The second kappa shape index (κ2) is 8.00. The molecule has 0 aromatic carbocycles. The van der Waals surface area contributed by atoms with Crippen molar-refractivity contribution in [1.29, 1.82) is 0 Å². The van der Waals surface area contributed by atoms with Gasteiger partial charge >= 0.3 is 0 Å². The largest absolute Gasteiger partial charge is 0.392 e. The zero-order chi connectivity index (χ0) is 21.8. The monoisotopic (exact) mass is 420 g/mol. The summed E-state index contributed by atoms with van der Waals surface area (Å²) in [6.07, 6.45) is 6.38. The molecular formula is C25H40O5. The normalized spacial score (nSPS) is 46.6. The van der Waals surface area contributed by atoms with Crippen LogP contribution < -0.4 is 0 Å². The molecule has 0 aliphatic heterocycles. The molecule has 0 aromatic rings. The molecule has 0 radical (unpaired) electrons. The molecule has 4 aliphatic rings. The number of aliphatic hydroxyl groups is 4. The lowest BCUT2D eigenvalue weighted by Gasteiger charge is -2.52. The van der Waals surface area contributed by atoms with E-state index in [1.807, 2.05) is 19.1 Å². The number of fused-ring (bicyclic) bond motifs is 1. The average Bonchev–Trinajstić information content (AvgIpc) is 2.80. The summed E-state index contributed by atoms with van der Waals surface area (Å²) in [6, 6.07) is 0. The van der Waals surface area contributed by atoms with E-state index in [1.54, 1.807) is 0 Å². The molecule has 8 unspecified atom stereocenters. The molecule has 5 nitrogen and oxygen atoms in total. The minimum atomic E-state index is -1.70. The van der Waals surface area contributed by atoms with Gasteiger partial charge in [-0.3, -0.25) is 0 Å². The van der Waals surface area contributed by atoms with Crippen molar-refractivity contribution in [2.45, 2.75) is 83.7 Å². The van der Waals surface area contributed by atoms with Crippen molar-refractivity contribution in [2.24, 2.45) is 35.0 Å². The maximum Gasteiger partial charge on any atom is 0.136 e. The van der Waals surface area contributed by atoms with Crippen LogP contribution in [0.5, 0.6) is 0 Å². The zero-order valence-electron chi connectivity index (χ0n) is 18.9. The molecule has 4 aliphatic carbocycles. The van der Waals surface area contributed by atoms with Gasteiger partial charge < -0.3 is 25.2 Å². The third kappa shape index (κ3) is 3.00. The Hall–Kier alpha value is -0.720. The van der Waals surface area contributed by atoms with Crippen molar-refractivity contribution >= 4 is 0 Å². The lowest BCUT2D eigenvalue weighted by atomic mass is 9.59. The minimum absolute atomic E-state index is 0.0305. The van der Waals surface area contributed by atoms with Crippen LogP contribution in [-0.4, -0.2) is 57.6 Å². The summed E-state index contributed by atoms with van der Waals surface area (Å²) in [5.41, 5.74) is -1.43. The third-order valence-electron chi connectivity index (χ3n) is 9.01. The van der Waals surface area contributed by atoms with Crippen molar-refractivity contribution < 1.29 is 25.2 Å². The van der Waals surface area contributed by atoms with Crippen LogP contribution in [0.25, 0.3) is 0 Å². The Bertz CT molecular complexity index is 710. The van der Waals surface area contributed by atoms with Crippen LogP contribution in [0.15, 0.2) is 23.3 Å². The Morgan fingerprint density at radius 3 is 2.43 bits per heavy atom. The predicted molar refractivity (Wildman–Crippen MR) is 116 cm³/mol.